The summed E-state index contributed by atoms with van der Waals surface area (Å²) >= 11 is 0. The minimum Gasteiger partial charge on any atom is -0.378 e. The Labute approximate surface area is 206 Å². The van der Waals surface area contributed by atoms with Crippen molar-refractivity contribution in [1.29, 1.82) is 0 Å². The molecule has 6 heteroatoms. The number of hydrogen-bond acceptors (Lipinski definition) is 3. The van der Waals surface area contributed by atoms with Crippen molar-refractivity contribution in [1.82, 2.24) is 15.2 Å². The van der Waals surface area contributed by atoms with Crippen LogP contribution in [0.3, 0.4) is 0 Å². The van der Waals surface area contributed by atoms with Crippen LogP contribution in [0.1, 0.15) is 65.7 Å². The fourth-order valence-electron chi connectivity index (χ4n) is 6.49. The first-order valence-electron chi connectivity index (χ1n) is 12.9. The molecule has 0 radical (unpaired) electrons. The lowest BCUT2D eigenvalue weighted by Gasteiger charge is -2.41. The Bertz CT molecular complexity index is 1190. The SMILES string of the molecule is O=C(N[C@@H]1CCCC[C@@H]1C(=O)N1CC[C@@H]2[C@H](c3cc[nH]c3)Nc3ccccc3[C@@H]21)c1ccccc1. The maximum atomic E-state index is 14.1. The Hall–Kier alpha value is -3.54. The molecule has 0 unspecified atom stereocenters. The quantitative estimate of drug-likeness (QED) is 0.501. The molecule has 180 valence electrons. The molecule has 2 amide bonds. The molecule has 3 heterocycles. The second-order valence-electron chi connectivity index (χ2n) is 10.1. The third-order valence-electron chi connectivity index (χ3n) is 8.16. The number of nitrogens with zero attached hydrogens (tertiary/aromatic N) is 1. The first-order valence-corrected chi connectivity index (χ1v) is 12.9. The summed E-state index contributed by atoms with van der Waals surface area (Å²) in [7, 11) is 0. The van der Waals surface area contributed by atoms with Gasteiger partial charge in [-0.25, -0.2) is 0 Å². The minimum absolute atomic E-state index is 0.0484. The maximum absolute atomic E-state index is 14.1. The molecular formula is C29H32N4O2. The molecule has 1 aromatic heterocycles. The zero-order chi connectivity index (χ0) is 23.8. The van der Waals surface area contributed by atoms with E-state index < -0.39 is 0 Å². The number of H-pyrrole nitrogens is 1. The van der Waals surface area contributed by atoms with Gasteiger partial charge in [-0.2, -0.15) is 0 Å². The van der Waals surface area contributed by atoms with Crippen molar-refractivity contribution in [3.05, 3.63) is 89.7 Å². The number of anilines is 1. The van der Waals surface area contributed by atoms with Crippen molar-refractivity contribution in [2.24, 2.45) is 11.8 Å². The fraction of sp³-hybridized carbons (Fsp3) is 0.379. The van der Waals surface area contributed by atoms with Crippen molar-refractivity contribution in [3.63, 3.8) is 0 Å². The molecule has 2 aliphatic heterocycles. The number of carbonyl (C=O) groups excluding carboxylic acids is 2. The smallest absolute Gasteiger partial charge is 0.251 e. The van der Waals surface area contributed by atoms with Crippen molar-refractivity contribution in [3.8, 4) is 0 Å². The molecule has 0 bridgehead atoms. The molecule has 3 aromatic rings. The van der Waals surface area contributed by atoms with Gasteiger partial charge in [0.1, 0.15) is 0 Å². The van der Waals surface area contributed by atoms with Crippen molar-refractivity contribution in [2.45, 2.75) is 50.2 Å². The van der Waals surface area contributed by atoms with Gasteiger partial charge in [-0.3, -0.25) is 9.59 Å². The number of amides is 2. The Morgan fingerprint density at radius 3 is 2.54 bits per heavy atom. The summed E-state index contributed by atoms with van der Waals surface area (Å²) in [6.45, 7) is 0.751. The van der Waals surface area contributed by atoms with Gasteiger partial charge in [0.15, 0.2) is 0 Å². The average molecular weight is 469 g/mol. The Morgan fingerprint density at radius 1 is 0.914 bits per heavy atom. The van der Waals surface area contributed by atoms with Crippen LogP contribution in [0.4, 0.5) is 5.69 Å². The van der Waals surface area contributed by atoms with Gasteiger partial charge in [0, 0.05) is 42.1 Å². The molecule has 6 rings (SSSR count). The van der Waals surface area contributed by atoms with E-state index >= 15 is 0 Å². The second kappa shape index (κ2) is 9.25. The van der Waals surface area contributed by atoms with Gasteiger partial charge in [0.05, 0.1) is 18.0 Å². The molecule has 5 atom stereocenters. The standard InChI is InChI=1S/C29H32N4O2/c34-28(19-8-2-1-3-9-19)32-25-13-7-5-11-22(25)29(35)33-17-15-23-26(20-14-16-30-18-20)31-24-12-6-4-10-21(24)27(23)33/h1-4,6,8-10,12,14,16,18,22-23,25-27,30-31H,5,7,11,13,15,17H2,(H,32,34)/t22-,23+,25+,26-,27-/m0/s1. The Kier molecular flexibility index (Phi) is 5.80. The summed E-state index contributed by atoms with van der Waals surface area (Å²) in [5, 5.41) is 6.96. The summed E-state index contributed by atoms with van der Waals surface area (Å²) in [4.78, 5) is 32.4. The van der Waals surface area contributed by atoms with Crippen LogP contribution < -0.4 is 10.6 Å². The van der Waals surface area contributed by atoms with Crippen LogP contribution in [0.25, 0.3) is 0 Å². The van der Waals surface area contributed by atoms with Crippen LogP contribution >= 0.6 is 0 Å². The lowest BCUT2D eigenvalue weighted by atomic mass is 9.79. The number of carbonyl (C=O) groups is 2. The van der Waals surface area contributed by atoms with Gasteiger partial charge in [-0.1, -0.05) is 49.2 Å². The number of aromatic amines is 1. The Balaban J connectivity index is 1.27. The maximum Gasteiger partial charge on any atom is 0.251 e. The van der Waals surface area contributed by atoms with Gasteiger partial charge in [-0.15, -0.1) is 0 Å². The second-order valence-corrected chi connectivity index (χ2v) is 10.1. The topological polar surface area (TPSA) is 77.2 Å². The monoisotopic (exact) mass is 468 g/mol. The highest BCUT2D eigenvalue weighted by molar-refractivity contribution is 5.94. The van der Waals surface area contributed by atoms with Crippen molar-refractivity contribution < 1.29 is 9.59 Å². The predicted octanol–water partition coefficient (Wildman–Crippen LogP) is 5.06. The van der Waals surface area contributed by atoms with E-state index in [2.05, 4.69) is 57.0 Å². The molecule has 0 spiro atoms. The third-order valence-corrected chi connectivity index (χ3v) is 8.16. The van der Waals surface area contributed by atoms with E-state index in [4.69, 9.17) is 0 Å². The van der Waals surface area contributed by atoms with E-state index in [0.29, 0.717) is 11.5 Å². The van der Waals surface area contributed by atoms with Gasteiger partial charge in [-0.05, 0) is 54.7 Å². The molecule has 3 aliphatic rings. The summed E-state index contributed by atoms with van der Waals surface area (Å²) in [5.74, 6) is 0.239. The van der Waals surface area contributed by atoms with Gasteiger partial charge in [0.2, 0.25) is 5.91 Å². The summed E-state index contributed by atoms with van der Waals surface area (Å²) in [5.41, 5.74) is 4.19. The average Bonchev–Trinajstić information content (AvgIpc) is 3.60. The first kappa shape index (κ1) is 22.0. The molecule has 35 heavy (non-hydrogen) atoms. The summed E-state index contributed by atoms with van der Waals surface area (Å²) < 4.78 is 0. The number of likely N-dealkylation sites (tertiary alicyclic amines) is 1. The lowest BCUT2D eigenvalue weighted by Crippen LogP contribution is -2.50. The molecule has 3 N–H and O–H groups in total. The van der Waals surface area contributed by atoms with Crippen molar-refractivity contribution >= 4 is 17.5 Å². The van der Waals surface area contributed by atoms with E-state index in [1.54, 1.807) is 0 Å². The molecule has 1 saturated heterocycles. The molecule has 2 fully saturated rings. The van der Waals surface area contributed by atoms with E-state index in [9.17, 15) is 9.59 Å². The van der Waals surface area contributed by atoms with E-state index in [1.807, 2.05) is 36.5 Å². The molecule has 1 aliphatic carbocycles. The van der Waals surface area contributed by atoms with Crippen LogP contribution in [0.2, 0.25) is 0 Å². The highest BCUT2D eigenvalue weighted by atomic mass is 16.2. The van der Waals surface area contributed by atoms with Crippen LogP contribution in [-0.2, 0) is 4.79 Å². The third kappa shape index (κ3) is 4.01. The zero-order valence-corrected chi connectivity index (χ0v) is 19.8. The van der Waals surface area contributed by atoms with E-state index in [0.717, 1.165) is 44.3 Å². The largest absolute Gasteiger partial charge is 0.378 e. The Morgan fingerprint density at radius 2 is 1.71 bits per heavy atom. The van der Waals surface area contributed by atoms with Crippen LogP contribution in [0.15, 0.2) is 73.1 Å². The van der Waals surface area contributed by atoms with E-state index in [1.165, 1.54) is 11.1 Å². The predicted molar refractivity (Wildman–Crippen MR) is 136 cm³/mol. The zero-order valence-electron chi connectivity index (χ0n) is 19.8. The van der Waals surface area contributed by atoms with Crippen molar-refractivity contribution in [2.75, 3.05) is 11.9 Å². The normalized spacial score (nSPS) is 27.4. The van der Waals surface area contributed by atoms with E-state index in [-0.39, 0.29) is 35.9 Å². The number of para-hydroxylation sites is 1. The number of nitrogens with one attached hydrogen (secondary N) is 3. The van der Waals surface area contributed by atoms with Crippen LogP contribution in [-0.4, -0.2) is 34.3 Å². The number of aromatic nitrogens is 1. The van der Waals surface area contributed by atoms with Crippen LogP contribution in [0, 0.1) is 11.8 Å². The molecule has 2 aromatic carbocycles. The van der Waals surface area contributed by atoms with Gasteiger partial charge in [0.25, 0.3) is 5.91 Å². The summed E-state index contributed by atoms with van der Waals surface area (Å²) in [6.07, 6.45) is 8.73. The minimum atomic E-state index is -0.178. The molecular weight excluding hydrogens is 436 g/mol. The highest BCUT2D eigenvalue weighted by Crippen LogP contribution is 2.51. The highest BCUT2D eigenvalue weighted by Gasteiger charge is 2.48. The van der Waals surface area contributed by atoms with Gasteiger partial charge >= 0.3 is 0 Å². The van der Waals surface area contributed by atoms with Gasteiger partial charge < -0.3 is 20.5 Å². The molecule has 6 nitrogen and oxygen atoms in total. The fourth-order valence-corrected chi connectivity index (χ4v) is 6.49. The molecule has 1 saturated carbocycles. The first-order chi connectivity index (χ1) is 17.2. The van der Waals surface area contributed by atoms with Crippen LogP contribution in [0.5, 0.6) is 0 Å². The number of fused-ring (bicyclic) bond motifs is 3. The number of hydrogen-bond donors (Lipinski definition) is 3. The number of rotatable bonds is 4. The lowest BCUT2D eigenvalue weighted by molar-refractivity contribution is -0.138. The summed E-state index contributed by atoms with van der Waals surface area (Å²) in [6, 6.07) is 19.9. The number of benzene rings is 2.